The third-order valence-corrected chi connectivity index (χ3v) is 4.03. The molecule has 0 aliphatic heterocycles. The van der Waals surface area contributed by atoms with Crippen molar-refractivity contribution in [1.82, 2.24) is 0 Å². The Balaban J connectivity index is 4.68. The molecule has 0 aliphatic rings. The molecule has 0 bridgehead atoms. The third-order valence-electron chi connectivity index (χ3n) is 3.72. The smallest absolute Gasteiger partial charge is 0.235 e. The van der Waals surface area contributed by atoms with E-state index < -0.39 is 5.97 Å². The Labute approximate surface area is 146 Å². The predicted molar refractivity (Wildman–Crippen MR) is 91.6 cm³/mol. The van der Waals surface area contributed by atoms with E-state index in [0.29, 0.717) is 0 Å². The summed E-state index contributed by atoms with van der Waals surface area (Å²) in [6, 6.07) is 0. The summed E-state index contributed by atoms with van der Waals surface area (Å²) < 4.78 is 0. The maximum atomic E-state index is 5.25. The fraction of sp³-hybridized carbons (Fsp3) is 1.00. The van der Waals surface area contributed by atoms with Crippen molar-refractivity contribution in [3.8, 4) is 0 Å². The largest absolute Gasteiger partial charge is 0.368 e. The molecule has 0 N–H and O–H groups in total. The molecule has 0 aliphatic carbocycles. The van der Waals surface area contributed by atoms with Gasteiger partial charge in [0.25, 0.3) is 0 Å². The van der Waals surface area contributed by atoms with Crippen molar-refractivity contribution in [3.05, 3.63) is 0 Å². The topological polar surface area (TPSA) is 55.4 Å². The zero-order chi connectivity index (χ0) is 17.4. The van der Waals surface area contributed by atoms with Crippen molar-refractivity contribution in [2.45, 2.75) is 70.7 Å². The molecule has 7 heteroatoms. The van der Waals surface area contributed by atoms with Crippen LogP contribution in [-0.2, 0) is 29.3 Å². The molecule has 0 radical (unpaired) electrons. The molecular weight excluding hydrogens is 320 g/mol. The molecular formula is C16H34O6S. The zero-order valence-corrected chi connectivity index (χ0v) is 15.9. The molecule has 1 unspecified atom stereocenters. The van der Waals surface area contributed by atoms with Crippen molar-refractivity contribution in [2.24, 2.45) is 5.92 Å². The summed E-state index contributed by atoms with van der Waals surface area (Å²) in [7, 11) is 4.19. The van der Waals surface area contributed by atoms with Gasteiger partial charge in [0, 0.05) is 5.92 Å². The summed E-state index contributed by atoms with van der Waals surface area (Å²) in [5.41, 5.74) is 0. The maximum absolute atomic E-state index is 5.25. The fourth-order valence-electron chi connectivity index (χ4n) is 2.60. The van der Waals surface area contributed by atoms with Gasteiger partial charge in [-0.15, -0.1) is 0 Å². The Kier molecular flexibility index (Phi) is 15.7. The lowest BCUT2D eigenvalue weighted by atomic mass is 9.93. The first-order valence-electron chi connectivity index (χ1n) is 8.47. The molecule has 0 amide bonds. The van der Waals surface area contributed by atoms with Gasteiger partial charge in [-0.2, -0.15) is 27.3 Å². The summed E-state index contributed by atoms with van der Waals surface area (Å²) in [5, 5.41) is 0. The van der Waals surface area contributed by atoms with Crippen LogP contribution in [0, 0.1) is 5.92 Å². The Bertz CT molecular complexity index is 238. The Morgan fingerprint density at radius 3 is 1.70 bits per heavy atom. The number of thiol groups is 1. The molecule has 0 aromatic rings. The highest BCUT2D eigenvalue weighted by Gasteiger charge is 2.46. The second-order valence-electron chi connectivity index (χ2n) is 5.47. The van der Waals surface area contributed by atoms with Crippen LogP contribution in [0.3, 0.4) is 0 Å². The van der Waals surface area contributed by atoms with Gasteiger partial charge in [-0.25, -0.2) is 14.7 Å². The molecule has 0 fully saturated rings. The number of rotatable bonds is 17. The van der Waals surface area contributed by atoms with E-state index in [2.05, 4.69) is 19.6 Å². The van der Waals surface area contributed by atoms with E-state index in [1.165, 1.54) is 53.4 Å². The highest BCUT2D eigenvalue weighted by molar-refractivity contribution is 7.80. The third kappa shape index (κ3) is 9.86. The Hall–Kier alpha value is 0.110. The van der Waals surface area contributed by atoms with Gasteiger partial charge in [-0.1, -0.05) is 45.4 Å². The molecule has 0 spiro atoms. The summed E-state index contributed by atoms with van der Waals surface area (Å²) in [4.78, 5) is 30.1. The standard InChI is InChI=1S/C16H34O6S/c1-5-6-7-8-9-10-12-15(13-11-14-23)16(20-17-2,21-18-3)22-19-4/h15,23H,5-14H2,1-4H3. The van der Waals surface area contributed by atoms with Gasteiger partial charge in [-0.05, 0) is 25.0 Å². The molecule has 0 aromatic carbocycles. The molecule has 0 aromatic heterocycles. The van der Waals surface area contributed by atoms with Crippen LogP contribution in [-0.4, -0.2) is 33.1 Å². The SMILES string of the molecule is CCCCCCCCC(CCCS)C(OOC)(OOC)OOC. The molecule has 0 saturated carbocycles. The summed E-state index contributed by atoms with van der Waals surface area (Å²) in [5.74, 6) is -0.860. The molecule has 0 heterocycles. The van der Waals surface area contributed by atoms with E-state index in [1.54, 1.807) is 0 Å². The second kappa shape index (κ2) is 15.6. The fourth-order valence-corrected chi connectivity index (χ4v) is 2.78. The Morgan fingerprint density at radius 1 is 0.739 bits per heavy atom. The maximum Gasteiger partial charge on any atom is 0.368 e. The Morgan fingerprint density at radius 2 is 1.22 bits per heavy atom. The van der Waals surface area contributed by atoms with Crippen molar-refractivity contribution in [2.75, 3.05) is 27.1 Å². The first-order chi connectivity index (χ1) is 11.2. The molecule has 140 valence electrons. The van der Waals surface area contributed by atoms with Crippen molar-refractivity contribution < 1.29 is 29.3 Å². The van der Waals surface area contributed by atoms with E-state index in [0.717, 1.165) is 31.4 Å². The van der Waals surface area contributed by atoms with E-state index in [-0.39, 0.29) is 5.92 Å². The summed E-state index contributed by atoms with van der Waals surface area (Å²) in [6.45, 7) is 2.22. The van der Waals surface area contributed by atoms with Gasteiger partial charge >= 0.3 is 5.97 Å². The zero-order valence-electron chi connectivity index (χ0n) is 15.0. The summed E-state index contributed by atoms with van der Waals surface area (Å²) >= 11 is 4.28. The summed E-state index contributed by atoms with van der Waals surface area (Å²) in [6.07, 6.45) is 9.83. The average Bonchev–Trinajstić information content (AvgIpc) is 2.54. The second-order valence-corrected chi connectivity index (χ2v) is 5.92. The highest BCUT2D eigenvalue weighted by atomic mass is 32.1. The minimum atomic E-state index is -1.54. The van der Waals surface area contributed by atoms with E-state index in [4.69, 9.17) is 29.3 Å². The van der Waals surface area contributed by atoms with E-state index in [1.807, 2.05) is 0 Å². The van der Waals surface area contributed by atoms with Gasteiger partial charge in [0.15, 0.2) is 0 Å². The first-order valence-corrected chi connectivity index (χ1v) is 9.10. The monoisotopic (exact) mass is 354 g/mol. The lowest BCUT2D eigenvalue weighted by molar-refractivity contribution is -0.635. The lowest BCUT2D eigenvalue weighted by Crippen LogP contribution is -2.46. The van der Waals surface area contributed by atoms with Crippen LogP contribution in [0.5, 0.6) is 0 Å². The molecule has 1 atom stereocenters. The normalized spacial score (nSPS) is 13.4. The van der Waals surface area contributed by atoms with Crippen LogP contribution in [0.15, 0.2) is 0 Å². The predicted octanol–water partition coefficient (Wildman–Crippen LogP) is 4.45. The van der Waals surface area contributed by atoms with Crippen LogP contribution in [0.25, 0.3) is 0 Å². The van der Waals surface area contributed by atoms with Crippen LogP contribution >= 0.6 is 12.6 Å². The van der Waals surface area contributed by atoms with Crippen LogP contribution in [0.4, 0.5) is 0 Å². The van der Waals surface area contributed by atoms with Gasteiger partial charge in [-0.3, -0.25) is 0 Å². The molecule has 0 rings (SSSR count). The van der Waals surface area contributed by atoms with E-state index >= 15 is 0 Å². The average molecular weight is 355 g/mol. The van der Waals surface area contributed by atoms with Crippen LogP contribution in [0.1, 0.15) is 64.7 Å². The van der Waals surface area contributed by atoms with Crippen LogP contribution < -0.4 is 0 Å². The van der Waals surface area contributed by atoms with Crippen molar-refractivity contribution in [1.29, 1.82) is 0 Å². The number of unbranched alkanes of at least 4 members (excludes halogenated alkanes) is 5. The highest BCUT2D eigenvalue weighted by Crippen LogP contribution is 2.34. The molecule has 23 heavy (non-hydrogen) atoms. The van der Waals surface area contributed by atoms with Gasteiger partial charge < -0.3 is 0 Å². The van der Waals surface area contributed by atoms with E-state index in [9.17, 15) is 0 Å². The first kappa shape index (κ1) is 23.1. The molecule has 6 nitrogen and oxygen atoms in total. The van der Waals surface area contributed by atoms with Crippen molar-refractivity contribution >= 4 is 12.6 Å². The van der Waals surface area contributed by atoms with Crippen LogP contribution in [0.2, 0.25) is 0 Å². The lowest BCUT2D eigenvalue weighted by Gasteiger charge is -2.34. The van der Waals surface area contributed by atoms with Crippen molar-refractivity contribution in [3.63, 3.8) is 0 Å². The number of hydrogen-bond acceptors (Lipinski definition) is 7. The quantitative estimate of drug-likeness (QED) is 0.137. The van der Waals surface area contributed by atoms with Gasteiger partial charge in [0.1, 0.15) is 0 Å². The molecule has 0 saturated heterocycles. The number of hydrogen-bond donors (Lipinski definition) is 1. The van der Waals surface area contributed by atoms with Gasteiger partial charge in [0.2, 0.25) is 0 Å². The van der Waals surface area contributed by atoms with Gasteiger partial charge in [0.05, 0.1) is 21.3 Å². The minimum Gasteiger partial charge on any atom is -0.235 e. The minimum absolute atomic E-state index is 0.0966.